The average Bonchev–Trinajstić information content (AvgIpc) is 3.54. The maximum absolute atomic E-state index is 14.0. The van der Waals surface area contributed by atoms with Crippen molar-refractivity contribution in [1.82, 2.24) is 29.0 Å². The van der Waals surface area contributed by atoms with E-state index in [-0.39, 0.29) is 22.3 Å². The van der Waals surface area contributed by atoms with Gasteiger partial charge in [-0.3, -0.25) is 9.48 Å². The Balaban J connectivity index is 1.67. The lowest BCUT2D eigenvalue weighted by atomic mass is 10.1. The number of nitrogens with one attached hydrogen (secondary N) is 1. The molecule has 0 aliphatic rings. The van der Waals surface area contributed by atoms with Gasteiger partial charge in [0.2, 0.25) is 0 Å². The molecule has 0 bridgehead atoms. The minimum absolute atomic E-state index is 0.0880. The molecule has 0 unspecified atom stereocenters. The number of carbonyl (C=O) groups is 1. The summed E-state index contributed by atoms with van der Waals surface area (Å²) in [7, 11) is -4.02. The highest BCUT2D eigenvalue weighted by Gasteiger charge is 2.27. The first-order valence-corrected chi connectivity index (χ1v) is 14.4. The van der Waals surface area contributed by atoms with Crippen LogP contribution in [-0.2, 0) is 10.0 Å². The molecule has 0 radical (unpaired) electrons. The van der Waals surface area contributed by atoms with Gasteiger partial charge in [-0.15, -0.1) is 0 Å². The number of rotatable bonds is 7. The van der Waals surface area contributed by atoms with Gasteiger partial charge in [-0.25, -0.2) is 22.4 Å². The number of hydrogen-bond donors (Lipinski definition) is 1. The molecular formula is C30H29N7O3S. The number of nitriles is 1. The third-order valence-electron chi connectivity index (χ3n) is 6.58. The lowest BCUT2D eigenvalue weighted by Gasteiger charge is -2.17. The fourth-order valence-electron chi connectivity index (χ4n) is 4.43. The highest BCUT2D eigenvalue weighted by Crippen LogP contribution is 2.34. The van der Waals surface area contributed by atoms with Crippen LogP contribution in [0.4, 0.5) is 0 Å². The van der Waals surface area contributed by atoms with Gasteiger partial charge in [0, 0.05) is 34.9 Å². The summed E-state index contributed by atoms with van der Waals surface area (Å²) in [4.78, 5) is 21.9. The quantitative estimate of drug-likeness (QED) is 0.288. The molecule has 1 aromatic carbocycles. The molecule has 0 atom stereocenters. The minimum Gasteiger partial charge on any atom is -0.333 e. The summed E-state index contributed by atoms with van der Waals surface area (Å²) in [5.74, 6) is -0.479. The van der Waals surface area contributed by atoms with Crippen LogP contribution in [0.25, 0.3) is 33.5 Å². The van der Waals surface area contributed by atoms with Crippen molar-refractivity contribution in [2.45, 2.75) is 51.1 Å². The average molecular weight is 568 g/mol. The Kier molecular flexibility index (Phi) is 6.97. The predicted molar refractivity (Wildman–Crippen MR) is 155 cm³/mol. The molecule has 5 aromatic rings. The van der Waals surface area contributed by atoms with Gasteiger partial charge in [-0.05, 0) is 71.0 Å². The molecular weight excluding hydrogens is 538 g/mol. The van der Waals surface area contributed by atoms with Crippen molar-refractivity contribution >= 4 is 27.0 Å². The normalized spacial score (nSPS) is 12.0. The van der Waals surface area contributed by atoms with Crippen LogP contribution in [0.1, 0.15) is 49.9 Å². The lowest BCUT2D eigenvalue weighted by molar-refractivity contribution is 0.0924. The van der Waals surface area contributed by atoms with Crippen molar-refractivity contribution in [1.29, 1.82) is 5.26 Å². The summed E-state index contributed by atoms with van der Waals surface area (Å²) in [6.45, 7) is 9.06. The van der Waals surface area contributed by atoms with E-state index >= 15 is 0 Å². The fraction of sp³-hybridized carbons (Fsp3) is 0.233. The van der Waals surface area contributed by atoms with E-state index in [0.29, 0.717) is 33.6 Å². The van der Waals surface area contributed by atoms with E-state index in [0.717, 1.165) is 0 Å². The topological polar surface area (TPSA) is 136 Å². The van der Waals surface area contributed by atoms with Crippen molar-refractivity contribution in [3.05, 3.63) is 84.4 Å². The molecule has 0 saturated heterocycles. The van der Waals surface area contributed by atoms with Crippen LogP contribution in [0, 0.1) is 18.3 Å². The molecule has 0 aliphatic carbocycles. The third kappa shape index (κ3) is 5.21. The second-order valence-corrected chi connectivity index (χ2v) is 12.3. The highest BCUT2D eigenvalue weighted by atomic mass is 32.2. The summed E-state index contributed by atoms with van der Waals surface area (Å²) in [5.41, 5.74) is 2.23. The molecule has 208 valence electrons. The van der Waals surface area contributed by atoms with E-state index < -0.39 is 21.5 Å². The van der Waals surface area contributed by atoms with Crippen molar-refractivity contribution < 1.29 is 13.2 Å². The van der Waals surface area contributed by atoms with Crippen LogP contribution in [0.2, 0.25) is 0 Å². The first kappa shape index (κ1) is 27.7. The molecule has 0 spiro atoms. The van der Waals surface area contributed by atoms with E-state index in [1.807, 2.05) is 33.0 Å². The number of hydrogen-bond acceptors (Lipinski definition) is 7. The van der Waals surface area contributed by atoms with Crippen molar-refractivity contribution in [3.8, 4) is 28.6 Å². The smallest absolute Gasteiger partial charge is 0.271 e. The van der Waals surface area contributed by atoms with Gasteiger partial charge in [0.25, 0.3) is 15.9 Å². The van der Waals surface area contributed by atoms with Crippen molar-refractivity contribution in [2.75, 3.05) is 0 Å². The second-order valence-electron chi connectivity index (χ2n) is 10.5. The number of benzene rings is 1. The lowest BCUT2D eigenvalue weighted by Crippen LogP contribution is -2.42. The molecule has 1 amide bonds. The molecule has 0 aliphatic heterocycles. The Morgan fingerprint density at radius 2 is 1.80 bits per heavy atom. The number of aryl methyl sites for hydroxylation is 1. The van der Waals surface area contributed by atoms with Crippen LogP contribution in [-0.4, -0.2) is 43.6 Å². The van der Waals surface area contributed by atoms with Crippen molar-refractivity contribution in [2.24, 2.45) is 0 Å². The van der Waals surface area contributed by atoms with Gasteiger partial charge in [-0.2, -0.15) is 10.4 Å². The monoisotopic (exact) mass is 567 g/mol. The maximum Gasteiger partial charge on any atom is 0.271 e. The third-order valence-corrected chi connectivity index (χ3v) is 8.30. The number of fused-ring (bicyclic) bond motifs is 1. The zero-order valence-electron chi connectivity index (χ0n) is 23.3. The zero-order valence-corrected chi connectivity index (χ0v) is 24.1. The van der Waals surface area contributed by atoms with Gasteiger partial charge < -0.3 is 5.32 Å². The van der Waals surface area contributed by atoms with Gasteiger partial charge in [0.15, 0.2) is 5.65 Å². The summed E-state index contributed by atoms with van der Waals surface area (Å²) in [6, 6.07) is 18.9. The first-order chi connectivity index (χ1) is 19.4. The predicted octanol–water partition coefficient (Wildman–Crippen LogP) is 5.12. The number of pyridine rings is 2. The molecule has 5 rings (SSSR count). The summed E-state index contributed by atoms with van der Waals surface area (Å²) >= 11 is 0. The fourth-order valence-corrected chi connectivity index (χ4v) is 5.94. The van der Waals surface area contributed by atoms with Gasteiger partial charge in [0.1, 0.15) is 11.2 Å². The van der Waals surface area contributed by atoms with Gasteiger partial charge >= 0.3 is 0 Å². The van der Waals surface area contributed by atoms with E-state index in [4.69, 9.17) is 0 Å². The Labute approximate surface area is 238 Å². The van der Waals surface area contributed by atoms with E-state index in [1.54, 1.807) is 79.2 Å². The molecule has 11 heteroatoms. The Bertz CT molecular complexity index is 1930. The summed E-state index contributed by atoms with van der Waals surface area (Å²) in [6.07, 6.45) is 3.38. The molecule has 4 heterocycles. The van der Waals surface area contributed by atoms with Crippen LogP contribution in [0.15, 0.2) is 78.0 Å². The standard InChI is InChI=1S/C30H29N7O3S/c1-19(2)36-17-24(20(3)35-36)27-15-21-14-22(25-12-9-13-26(33-25)29(38)34-30(4,5)18-31)16-32-28(21)37(27)41(39,40)23-10-7-6-8-11-23/h6-17,19H,1-5H3,(H,34,38). The molecule has 0 saturated carbocycles. The molecule has 4 aromatic heterocycles. The number of aromatic nitrogens is 5. The number of carbonyl (C=O) groups excluding carboxylic acids is 1. The van der Waals surface area contributed by atoms with E-state index in [1.165, 1.54) is 10.2 Å². The van der Waals surface area contributed by atoms with E-state index in [2.05, 4.69) is 20.4 Å². The summed E-state index contributed by atoms with van der Waals surface area (Å²) < 4.78 is 31.0. The zero-order chi connectivity index (χ0) is 29.5. The second kappa shape index (κ2) is 10.3. The molecule has 10 nitrogen and oxygen atoms in total. The van der Waals surface area contributed by atoms with Crippen molar-refractivity contribution in [3.63, 3.8) is 0 Å². The first-order valence-electron chi connectivity index (χ1n) is 13.0. The van der Waals surface area contributed by atoms with Gasteiger partial charge in [-0.1, -0.05) is 24.3 Å². The molecule has 0 fully saturated rings. The van der Waals surface area contributed by atoms with Gasteiger partial charge in [0.05, 0.1) is 28.0 Å². The van der Waals surface area contributed by atoms with Crippen LogP contribution in [0.3, 0.4) is 0 Å². The number of amides is 1. The molecule has 1 N–H and O–H groups in total. The largest absolute Gasteiger partial charge is 0.333 e. The SMILES string of the molecule is Cc1nn(C(C)C)cc1-c1cc2cc(-c3cccc(C(=O)NC(C)(C)C#N)n3)cnc2n1S(=O)(=O)c1ccccc1. The molecule has 41 heavy (non-hydrogen) atoms. The van der Waals surface area contributed by atoms with Crippen LogP contribution >= 0.6 is 0 Å². The Morgan fingerprint density at radius 1 is 1.07 bits per heavy atom. The Morgan fingerprint density at radius 3 is 2.46 bits per heavy atom. The highest BCUT2D eigenvalue weighted by molar-refractivity contribution is 7.90. The minimum atomic E-state index is -4.02. The van der Waals surface area contributed by atoms with Crippen LogP contribution in [0.5, 0.6) is 0 Å². The van der Waals surface area contributed by atoms with E-state index in [9.17, 15) is 18.5 Å². The summed E-state index contributed by atoms with van der Waals surface area (Å²) in [5, 5.41) is 17.1. The number of nitrogens with zero attached hydrogens (tertiary/aromatic N) is 6. The maximum atomic E-state index is 14.0. The Hall–Kier alpha value is -4.82. The van der Waals surface area contributed by atoms with Crippen LogP contribution < -0.4 is 5.32 Å².